The number of benzene rings is 1. The first-order valence-electron chi connectivity index (χ1n) is 13.5. The van der Waals surface area contributed by atoms with E-state index in [0.29, 0.717) is 36.6 Å². The van der Waals surface area contributed by atoms with E-state index in [1.54, 1.807) is 18.2 Å². The summed E-state index contributed by atoms with van der Waals surface area (Å²) in [4.78, 5) is 25.4. The molecule has 0 atom stereocenters. The van der Waals surface area contributed by atoms with E-state index in [4.69, 9.17) is 4.74 Å². The predicted octanol–water partition coefficient (Wildman–Crippen LogP) is 7.05. The van der Waals surface area contributed by atoms with Gasteiger partial charge < -0.3 is 15.4 Å². The molecule has 0 heterocycles. The molecule has 5 nitrogen and oxygen atoms in total. The van der Waals surface area contributed by atoms with Crippen molar-refractivity contribution < 1.29 is 14.3 Å². The fourth-order valence-electron chi connectivity index (χ4n) is 3.74. The summed E-state index contributed by atoms with van der Waals surface area (Å²) >= 11 is 0. The molecule has 0 saturated carbocycles. The molecule has 2 N–H and O–H groups in total. The second kappa shape index (κ2) is 19.4. The van der Waals surface area contributed by atoms with Gasteiger partial charge in [-0.1, -0.05) is 91.4 Å². The Morgan fingerprint density at radius 3 is 1.79 bits per heavy atom. The topological polar surface area (TPSA) is 67.4 Å². The number of ether oxygens (including phenoxy) is 1. The van der Waals surface area contributed by atoms with Crippen LogP contribution in [0.1, 0.15) is 131 Å². The Kier molecular flexibility index (Phi) is 17.1. The quantitative estimate of drug-likeness (QED) is 0.205. The minimum atomic E-state index is -0.129. The first-order valence-corrected chi connectivity index (χ1v) is 13.5. The molecular formula is C28H48N2O3. The van der Waals surface area contributed by atoms with Gasteiger partial charge in [-0.2, -0.15) is 0 Å². The van der Waals surface area contributed by atoms with Crippen molar-refractivity contribution in [2.24, 2.45) is 0 Å². The summed E-state index contributed by atoms with van der Waals surface area (Å²) in [6.45, 7) is 8.46. The van der Waals surface area contributed by atoms with Gasteiger partial charge in [0.25, 0.3) is 11.8 Å². The lowest BCUT2D eigenvalue weighted by molar-refractivity contribution is 0.0937. The zero-order valence-electron chi connectivity index (χ0n) is 21.5. The van der Waals surface area contributed by atoms with Gasteiger partial charge in [-0.15, -0.1) is 0 Å². The molecule has 5 heteroatoms. The third kappa shape index (κ3) is 13.3. The lowest BCUT2D eigenvalue weighted by Crippen LogP contribution is -2.26. The van der Waals surface area contributed by atoms with E-state index < -0.39 is 0 Å². The smallest absolute Gasteiger partial charge is 0.255 e. The molecule has 2 amide bonds. The highest BCUT2D eigenvalue weighted by atomic mass is 16.5. The number of carbonyl (C=O) groups is 2. The fourth-order valence-corrected chi connectivity index (χ4v) is 3.74. The summed E-state index contributed by atoms with van der Waals surface area (Å²) in [6, 6.07) is 5.18. The van der Waals surface area contributed by atoms with Crippen LogP contribution in [-0.4, -0.2) is 31.5 Å². The van der Waals surface area contributed by atoms with Crippen molar-refractivity contribution in [3.63, 3.8) is 0 Å². The first kappa shape index (κ1) is 29.0. The normalized spacial score (nSPS) is 10.8. The summed E-state index contributed by atoms with van der Waals surface area (Å²) in [5, 5.41) is 5.99. The Balaban J connectivity index is 2.69. The number of hydrogen-bond donors (Lipinski definition) is 2. The summed E-state index contributed by atoms with van der Waals surface area (Å²) < 4.78 is 6.02. The summed E-state index contributed by atoms with van der Waals surface area (Å²) in [6.07, 6.45) is 16.0. The van der Waals surface area contributed by atoms with Crippen LogP contribution in [0.2, 0.25) is 0 Å². The Bertz CT molecular complexity index is 661. The molecule has 0 aliphatic heterocycles. The lowest BCUT2D eigenvalue weighted by atomic mass is 10.1. The summed E-state index contributed by atoms with van der Waals surface area (Å²) in [7, 11) is 0. The minimum absolute atomic E-state index is 0.109. The van der Waals surface area contributed by atoms with E-state index in [-0.39, 0.29) is 11.8 Å². The molecule has 0 spiro atoms. The Labute approximate surface area is 202 Å². The molecule has 0 saturated heterocycles. The summed E-state index contributed by atoms with van der Waals surface area (Å²) in [5.74, 6) is 0.270. The van der Waals surface area contributed by atoms with Gasteiger partial charge in [0.1, 0.15) is 5.75 Å². The minimum Gasteiger partial charge on any atom is -0.493 e. The Morgan fingerprint density at radius 1 is 0.667 bits per heavy atom. The van der Waals surface area contributed by atoms with Crippen molar-refractivity contribution in [3.8, 4) is 5.75 Å². The maximum Gasteiger partial charge on any atom is 0.255 e. The molecule has 0 radical (unpaired) electrons. The molecule has 1 rings (SSSR count). The molecule has 0 fully saturated rings. The average Bonchev–Trinajstić information content (AvgIpc) is 2.82. The Morgan fingerprint density at radius 2 is 1.18 bits per heavy atom. The largest absolute Gasteiger partial charge is 0.493 e. The van der Waals surface area contributed by atoms with E-state index in [9.17, 15) is 9.59 Å². The first-order chi connectivity index (χ1) is 16.1. The molecule has 1 aromatic rings. The number of nitrogens with one attached hydrogen (secondary N) is 2. The van der Waals surface area contributed by atoms with Crippen LogP contribution in [0.5, 0.6) is 5.75 Å². The second-order valence-corrected chi connectivity index (χ2v) is 8.96. The van der Waals surface area contributed by atoms with E-state index >= 15 is 0 Å². The zero-order valence-corrected chi connectivity index (χ0v) is 21.5. The van der Waals surface area contributed by atoms with Gasteiger partial charge in [-0.25, -0.2) is 0 Å². The van der Waals surface area contributed by atoms with Crippen LogP contribution in [0.15, 0.2) is 18.2 Å². The molecule has 1 aromatic carbocycles. The third-order valence-corrected chi connectivity index (χ3v) is 5.88. The molecule has 0 aliphatic rings. The third-order valence-electron chi connectivity index (χ3n) is 5.88. The van der Waals surface area contributed by atoms with Crippen LogP contribution < -0.4 is 15.4 Å². The van der Waals surface area contributed by atoms with Gasteiger partial charge in [-0.05, 0) is 37.5 Å². The molecule has 33 heavy (non-hydrogen) atoms. The fraction of sp³-hybridized carbons (Fsp3) is 0.714. The maximum absolute atomic E-state index is 12.8. The number of hydrogen-bond acceptors (Lipinski definition) is 3. The lowest BCUT2D eigenvalue weighted by Gasteiger charge is -2.14. The number of amides is 2. The van der Waals surface area contributed by atoms with Crippen LogP contribution >= 0.6 is 0 Å². The Hall–Kier alpha value is -2.04. The van der Waals surface area contributed by atoms with Gasteiger partial charge in [0.15, 0.2) is 0 Å². The molecule has 0 aromatic heterocycles. The highest BCUT2D eigenvalue weighted by Gasteiger charge is 2.16. The van der Waals surface area contributed by atoms with E-state index in [0.717, 1.165) is 38.5 Å². The predicted molar refractivity (Wildman–Crippen MR) is 138 cm³/mol. The van der Waals surface area contributed by atoms with Crippen molar-refractivity contribution >= 4 is 11.8 Å². The van der Waals surface area contributed by atoms with E-state index in [1.807, 2.05) is 0 Å². The standard InChI is InChI=1S/C28H48N2O3/c1-4-7-10-13-14-17-22-33-26-23-24(27(31)29-20-15-11-8-5-2)18-19-25(26)28(32)30-21-16-12-9-6-3/h18-19,23H,4-17,20-22H2,1-3H3,(H,29,31)(H,30,32). The average molecular weight is 461 g/mol. The maximum atomic E-state index is 12.8. The van der Waals surface area contributed by atoms with Gasteiger partial charge in [-0.3, -0.25) is 9.59 Å². The van der Waals surface area contributed by atoms with E-state index in [2.05, 4.69) is 31.4 Å². The molecule has 0 aliphatic carbocycles. The summed E-state index contributed by atoms with van der Waals surface area (Å²) in [5.41, 5.74) is 1.05. The molecule has 0 unspecified atom stereocenters. The van der Waals surface area contributed by atoms with Crippen molar-refractivity contribution in [1.82, 2.24) is 10.6 Å². The monoisotopic (exact) mass is 460 g/mol. The second-order valence-electron chi connectivity index (χ2n) is 8.96. The van der Waals surface area contributed by atoms with Crippen LogP contribution in [0, 0.1) is 0 Å². The number of rotatable bonds is 20. The van der Waals surface area contributed by atoms with Gasteiger partial charge >= 0.3 is 0 Å². The molecule has 188 valence electrons. The van der Waals surface area contributed by atoms with Gasteiger partial charge in [0, 0.05) is 18.7 Å². The number of carbonyl (C=O) groups excluding carboxylic acids is 2. The van der Waals surface area contributed by atoms with Crippen molar-refractivity contribution in [1.29, 1.82) is 0 Å². The number of unbranched alkanes of at least 4 members (excludes halogenated alkanes) is 11. The van der Waals surface area contributed by atoms with Gasteiger partial charge in [0.2, 0.25) is 0 Å². The van der Waals surface area contributed by atoms with Crippen molar-refractivity contribution in [2.45, 2.75) is 111 Å². The molecular weight excluding hydrogens is 412 g/mol. The SMILES string of the molecule is CCCCCCCCOc1cc(C(=O)NCCCCCC)ccc1C(=O)NCCCCCC. The van der Waals surface area contributed by atoms with Gasteiger partial charge in [0.05, 0.1) is 12.2 Å². The molecule has 0 bridgehead atoms. The highest BCUT2D eigenvalue weighted by molar-refractivity contribution is 6.00. The van der Waals surface area contributed by atoms with Crippen LogP contribution in [0.3, 0.4) is 0 Å². The highest BCUT2D eigenvalue weighted by Crippen LogP contribution is 2.22. The van der Waals surface area contributed by atoms with Crippen molar-refractivity contribution in [2.75, 3.05) is 19.7 Å². The zero-order chi connectivity index (χ0) is 24.2. The van der Waals surface area contributed by atoms with Crippen molar-refractivity contribution in [3.05, 3.63) is 29.3 Å². The van der Waals surface area contributed by atoms with Crippen LogP contribution in [0.4, 0.5) is 0 Å². The van der Waals surface area contributed by atoms with Crippen LogP contribution in [-0.2, 0) is 0 Å². The van der Waals surface area contributed by atoms with E-state index in [1.165, 1.54) is 51.4 Å². The van der Waals surface area contributed by atoms with Crippen LogP contribution in [0.25, 0.3) is 0 Å².